The maximum atomic E-state index is 12.3. The zero-order chi connectivity index (χ0) is 13.1. The lowest BCUT2D eigenvalue weighted by atomic mass is 10.2. The molecule has 0 aromatic heterocycles. The molecule has 2 nitrogen and oxygen atoms in total. The minimum atomic E-state index is -4.49. The van der Waals surface area contributed by atoms with Gasteiger partial charge >= 0.3 is 6.18 Å². The van der Waals surface area contributed by atoms with Crippen LogP contribution in [-0.4, -0.2) is 11.9 Å². The monoisotopic (exact) mass is 260 g/mol. The van der Waals surface area contributed by atoms with Gasteiger partial charge in [0.15, 0.2) is 5.92 Å². The number of aryl methyl sites for hydroxylation is 1. The lowest BCUT2D eigenvalue weighted by molar-refractivity contribution is -0.152. The van der Waals surface area contributed by atoms with Gasteiger partial charge in [-0.25, -0.2) is 0 Å². The second-order valence-corrected chi connectivity index (χ2v) is 4.58. The molecule has 0 radical (unpaired) electrons. The summed E-state index contributed by atoms with van der Waals surface area (Å²) in [5.41, 5.74) is 7.02. The lowest BCUT2D eigenvalue weighted by Crippen LogP contribution is -2.23. The number of nitriles is 1. The van der Waals surface area contributed by atoms with Crippen molar-refractivity contribution in [2.75, 3.05) is 11.5 Å². The highest BCUT2D eigenvalue weighted by atomic mass is 32.2. The number of nitrogen functional groups attached to an aromatic ring is 1. The van der Waals surface area contributed by atoms with Gasteiger partial charge in [0.1, 0.15) is 0 Å². The third kappa shape index (κ3) is 3.56. The summed E-state index contributed by atoms with van der Waals surface area (Å²) < 4.78 is 37.0. The molecular formula is C11H11F3N2S. The van der Waals surface area contributed by atoms with Crippen molar-refractivity contribution in [3.8, 4) is 6.07 Å². The van der Waals surface area contributed by atoms with E-state index in [1.165, 1.54) is 6.07 Å². The summed E-state index contributed by atoms with van der Waals surface area (Å²) in [5, 5.41) is 8.45. The van der Waals surface area contributed by atoms with Crippen LogP contribution in [0.4, 0.5) is 18.9 Å². The molecule has 0 bridgehead atoms. The first-order chi connectivity index (χ1) is 7.86. The minimum Gasteiger partial charge on any atom is -0.398 e. The Kier molecular flexibility index (Phi) is 4.29. The topological polar surface area (TPSA) is 49.8 Å². The highest BCUT2D eigenvalue weighted by Crippen LogP contribution is 2.34. The lowest BCUT2D eigenvalue weighted by Gasteiger charge is -2.13. The van der Waals surface area contributed by atoms with E-state index in [9.17, 15) is 13.2 Å². The average molecular weight is 260 g/mol. The third-order valence-electron chi connectivity index (χ3n) is 2.24. The summed E-state index contributed by atoms with van der Waals surface area (Å²) >= 11 is 0.953. The Balaban J connectivity index is 2.74. The van der Waals surface area contributed by atoms with Crippen LogP contribution in [0.15, 0.2) is 23.1 Å². The van der Waals surface area contributed by atoms with Crippen molar-refractivity contribution in [3.63, 3.8) is 0 Å². The predicted molar refractivity (Wildman–Crippen MR) is 61.5 cm³/mol. The summed E-state index contributed by atoms with van der Waals surface area (Å²) in [6, 6.07) is 6.42. The Morgan fingerprint density at radius 3 is 2.65 bits per heavy atom. The minimum absolute atomic E-state index is 0.340. The molecule has 1 aromatic carbocycles. The van der Waals surface area contributed by atoms with Crippen molar-refractivity contribution in [1.82, 2.24) is 0 Å². The SMILES string of the molecule is Cc1cccc(SCC(C#N)C(F)(F)F)c1N. The zero-order valence-corrected chi connectivity index (χ0v) is 9.90. The number of rotatable bonds is 3. The van der Waals surface area contributed by atoms with E-state index in [-0.39, 0.29) is 5.75 Å². The number of hydrogen-bond donors (Lipinski definition) is 1. The van der Waals surface area contributed by atoms with Crippen LogP contribution < -0.4 is 5.73 Å². The standard InChI is InChI=1S/C11H11F3N2S/c1-7-3-2-4-9(10(7)16)17-6-8(5-15)11(12,13)14/h2-4,8H,6,16H2,1H3. The second kappa shape index (κ2) is 5.32. The van der Waals surface area contributed by atoms with Crippen LogP contribution in [0.2, 0.25) is 0 Å². The van der Waals surface area contributed by atoms with Gasteiger partial charge in [-0.2, -0.15) is 18.4 Å². The van der Waals surface area contributed by atoms with E-state index in [2.05, 4.69) is 0 Å². The molecule has 0 spiro atoms. The predicted octanol–water partition coefficient (Wildman–Crippen LogP) is 3.37. The fourth-order valence-corrected chi connectivity index (χ4v) is 2.26. The zero-order valence-electron chi connectivity index (χ0n) is 9.08. The van der Waals surface area contributed by atoms with Gasteiger partial charge in [-0.3, -0.25) is 0 Å². The quantitative estimate of drug-likeness (QED) is 0.669. The van der Waals surface area contributed by atoms with Gasteiger partial charge in [-0.1, -0.05) is 12.1 Å². The van der Waals surface area contributed by atoms with E-state index in [0.717, 1.165) is 17.3 Å². The summed E-state index contributed by atoms with van der Waals surface area (Å²) in [6.45, 7) is 1.78. The van der Waals surface area contributed by atoms with Gasteiger partial charge in [0.25, 0.3) is 0 Å². The Hall–Kier alpha value is -1.35. The number of nitrogens with two attached hydrogens (primary N) is 1. The molecule has 1 rings (SSSR count). The van der Waals surface area contributed by atoms with Crippen LogP contribution in [-0.2, 0) is 0 Å². The molecule has 6 heteroatoms. The number of benzene rings is 1. The normalized spacial score (nSPS) is 13.1. The molecule has 0 heterocycles. The van der Waals surface area contributed by atoms with E-state index >= 15 is 0 Å². The number of anilines is 1. The van der Waals surface area contributed by atoms with Gasteiger partial charge in [-0.05, 0) is 18.6 Å². The molecule has 1 atom stereocenters. The molecule has 0 aliphatic rings. The molecule has 1 aromatic rings. The van der Waals surface area contributed by atoms with Crippen LogP contribution in [0.1, 0.15) is 5.56 Å². The van der Waals surface area contributed by atoms with Crippen LogP contribution in [0.3, 0.4) is 0 Å². The average Bonchev–Trinajstić information content (AvgIpc) is 2.23. The third-order valence-corrected chi connectivity index (χ3v) is 3.41. The fourth-order valence-electron chi connectivity index (χ4n) is 1.16. The van der Waals surface area contributed by atoms with E-state index in [1.54, 1.807) is 25.1 Å². The van der Waals surface area contributed by atoms with Gasteiger partial charge in [-0.15, -0.1) is 11.8 Å². The van der Waals surface area contributed by atoms with Gasteiger partial charge in [0.2, 0.25) is 0 Å². The molecule has 2 N–H and O–H groups in total. The van der Waals surface area contributed by atoms with Crippen molar-refractivity contribution in [1.29, 1.82) is 5.26 Å². The van der Waals surface area contributed by atoms with Gasteiger partial charge in [0, 0.05) is 16.3 Å². The van der Waals surface area contributed by atoms with E-state index in [4.69, 9.17) is 11.0 Å². The molecule has 0 saturated heterocycles. The van der Waals surface area contributed by atoms with Crippen LogP contribution in [0.5, 0.6) is 0 Å². The summed E-state index contributed by atoms with van der Waals surface area (Å²) in [5.74, 6) is -2.30. The maximum absolute atomic E-state index is 12.3. The van der Waals surface area contributed by atoms with E-state index < -0.39 is 12.1 Å². The number of nitrogens with zero attached hydrogens (tertiary/aromatic N) is 1. The number of halogens is 3. The molecule has 0 saturated carbocycles. The highest BCUT2D eigenvalue weighted by molar-refractivity contribution is 7.99. The van der Waals surface area contributed by atoms with Crippen LogP contribution >= 0.6 is 11.8 Å². The second-order valence-electron chi connectivity index (χ2n) is 3.52. The molecule has 0 fully saturated rings. The van der Waals surface area contributed by atoms with Crippen LogP contribution in [0, 0.1) is 24.2 Å². The number of para-hydroxylation sites is 1. The Morgan fingerprint density at radius 2 is 2.12 bits per heavy atom. The largest absolute Gasteiger partial charge is 0.405 e. The van der Waals surface area contributed by atoms with Crippen molar-refractivity contribution < 1.29 is 13.2 Å². The summed E-state index contributed by atoms with van der Waals surface area (Å²) in [4.78, 5) is 0.578. The van der Waals surface area contributed by atoms with Gasteiger partial charge < -0.3 is 5.73 Å². The highest BCUT2D eigenvalue weighted by Gasteiger charge is 2.39. The van der Waals surface area contributed by atoms with Gasteiger partial charge in [0.05, 0.1) is 6.07 Å². The Bertz CT molecular complexity index is 437. The summed E-state index contributed by atoms with van der Waals surface area (Å²) in [7, 11) is 0. The Morgan fingerprint density at radius 1 is 1.47 bits per heavy atom. The van der Waals surface area contributed by atoms with Crippen LogP contribution in [0.25, 0.3) is 0 Å². The van der Waals surface area contributed by atoms with Crippen molar-refractivity contribution in [2.24, 2.45) is 5.92 Å². The molecule has 17 heavy (non-hydrogen) atoms. The van der Waals surface area contributed by atoms with Crippen molar-refractivity contribution in [2.45, 2.75) is 18.0 Å². The number of alkyl halides is 3. The molecule has 0 aliphatic heterocycles. The van der Waals surface area contributed by atoms with Crippen molar-refractivity contribution in [3.05, 3.63) is 23.8 Å². The first-order valence-electron chi connectivity index (χ1n) is 4.80. The van der Waals surface area contributed by atoms with E-state index in [1.807, 2.05) is 0 Å². The first kappa shape index (κ1) is 13.7. The van der Waals surface area contributed by atoms with Crippen molar-refractivity contribution >= 4 is 17.4 Å². The van der Waals surface area contributed by atoms with E-state index in [0.29, 0.717) is 10.6 Å². The fraction of sp³-hybridized carbons (Fsp3) is 0.364. The molecule has 0 amide bonds. The maximum Gasteiger partial charge on any atom is 0.405 e. The molecular weight excluding hydrogens is 249 g/mol. The molecule has 1 unspecified atom stereocenters. The number of thioether (sulfide) groups is 1. The molecule has 0 aliphatic carbocycles. The number of hydrogen-bond acceptors (Lipinski definition) is 3. The summed E-state index contributed by atoms with van der Waals surface area (Å²) in [6.07, 6.45) is -4.49. The smallest absolute Gasteiger partial charge is 0.398 e. The molecule has 92 valence electrons. The first-order valence-corrected chi connectivity index (χ1v) is 5.79. The Labute approximate surface area is 102 Å².